The third-order valence-corrected chi connectivity index (χ3v) is 1.80. The summed E-state index contributed by atoms with van der Waals surface area (Å²) in [5.41, 5.74) is 1.97. The summed E-state index contributed by atoms with van der Waals surface area (Å²) in [5.74, 6) is 0. The molecule has 0 N–H and O–H groups in total. The van der Waals surface area contributed by atoms with Gasteiger partial charge in [-0.3, -0.25) is 0 Å². The lowest BCUT2D eigenvalue weighted by Gasteiger charge is -2.04. The lowest BCUT2D eigenvalue weighted by molar-refractivity contribution is 0.564. The van der Waals surface area contributed by atoms with Gasteiger partial charge in [0.2, 0.25) is 12.2 Å². The van der Waals surface area contributed by atoms with Crippen LogP contribution in [0.4, 0.5) is 11.4 Å². The van der Waals surface area contributed by atoms with Gasteiger partial charge in [0.05, 0.1) is 0 Å². The maximum absolute atomic E-state index is 10.2. The van der Waals surface area contributed by atoms with Crippen molar-refractivity contribution in [1.29, 1.82) is 0 Å². The van der Waals surface area contributed by atoms with Crippen LogP contribution in [0.5, 0.6) is 0 Å². The molecule has 0 amide bonds. The summed E-state index contributed by atoms with van der Waals surface area (Å²) < 4.78 is 0. The van der Waals surface area contributed by atoms with Crippen molar-refractivity contribution in [2.75, 3.05) is 0 Å². The Hall–Kier alpha value is -2.28. The Balaban J connectivity index is 3.54. The van der Waals surface area contributed by atoms with Crippen LogP contribution < -0.4 is 0 Å². The van der Waals surface area contributed by atoms with Crippen molar-refractivity contribution in [3.8, 4) is 0 Å². The molecule has 1 aromatic carbocycles. The molecule has 0 spiro atoms. The third-order valence-electron chi connectivity index (χ3n) is 1.80. The average molecular weight is 200 g/mol. The third kappa shape index (κ3) is 2.35. The Morgan fingerprint density at radius 2 is 1.93 bits per heavy atom. The maximum atomic E-state index is 10.2. The van der Waals surface area contributed by atoms with Crippen LogP contribution in [0.25, 0.3) is 5.57 Å². The molecule has 15 heavy (non-hydrogen) atoms. The molecule has 0 saturated heterocycles. The molecule has 0 aliphatic carbocycles. The highest BCUT2D eigenvalue weighted by molar-refractivity contribution is 5.82. The van der Waals surface area contributed by atoms with E-state index in [0.717, 1.165) is 5.57 Å². The summed E-state index contributed by atoms with van der Waals surface area (Å²) in [4.78, 5) is 27.4. The normalized spacial score (nSPS) is 8.60. The van der Waals surface area contributed by atoms with E-state index in [0.29, 0.717) is 11.3 Å². The van der Waals surface area contributed by atoms with Crippen LogP contribution in [0, 0.1) is 0 Å². The first-order valence-electron chi connectivity index (χ1n) is 4.15. The Bertz CT molecular complexity index is 473. The fourth-order valence-electron chi connectivity index (χ4n) is 1.18. The van der Waals surface area contributed by atoms with Gasteiger partial charge >= 0.3 is 0 Å². The van der Waals surface area contributed by atoms with Crippen molar-refractivity contribution in [3.63, 3.8) is 0 Å². The minimum atomic E-state index is 0.286. The van der Waals surface area contributed by atoms with Crippen molar-refractivity contribution in [1.82, 2.24) is 0 Å². The van der Waals surface area contributed by atoms with E-state index in [1.165, 1.54) is 12.2 Å². The number of para-hydroxylation sites is 1. The van der Waals surface area contributed by atoms with Gasteiger partial charge in [-0.05, 0) is 18.6 Å². The van der Waals surface area contributed by atoms with Crippen molar-refractivity contribution >= 4 is 29.1 Å². The minimum absolute atomic E-state index is 0.286. The minimum Gasteiger partial charge on any atom is -0.211 e. The predicted molar refractivity (Wildman–Crippen MR) is 56.7 cm³/mol. The molecule has 74 valence electrons. The molecule has 1 rings (SSSR count). The lowest BCUT2D eigenvalue weighted by atomic mass is 10.1. The molecule has 0 unspecified atom stereocenters. The Morgan fingerprint density at radius 1 is 1.27 bits per heavy atom. The van der Waals surface area contributed by atoms with E-state index in [9.17, 15) is 9.59 Å². The lowest BCUT2D eigenvalue weighted by Crippen LogP contribution is -1.80. The number of allylic oxidation sites excluding steroid dienone is 1. The highest BCUT2D eigenvalue weighted by atomic mass is 16.1. The van der Waals surface area contributed by atoms with Gasteiger partial charge in [0.25, 0.3) is 0 Å². The van der Waals surface area contributed by atoms with E-state index in [4.69, 9.17) is 0 Å². The summed E-state index contributed by atoms with van der Waals surface area (Å²) in [6.45, 7) is 5.51. The number of hydrogen-bond donors (Lipinski definition) is 0. The van der Waals surface area contributed by atoms with Crippen LogP contribution in [0.2, 0.25) is 0 Å². The van der Waals surface area contributed by atoms with Crippen molar-refractivity contribution in [2.45, 2.75) is 6.92 Å². The topological polar surface area (TPSA) is 58.9 Å². The van der Waals surface area contributed by atoms with E-state index in [1.807, 2.05) is 0 Å². The van der Waals surface area contributed by atoms with Gasteiger partial charge in [-0.15, -0.1) is 0 Å². The van der Waals surface area contributed by atoms with Crippen LogP contribution in [0.1, 0.15) is 12.5 Å². The monoisotopic (exact) mass is 200 g/mol. The zero-order valence-corrected chi connectivity index (χ0v) is 8.15. The van der Waals surface area contributed by atoms with Crippen molar-refractivity contribution < 1.29 is 9.59 Å². The van der Waals surface area contributed by atoms with Gasteiger partial charge < -0.3 is 0 Å². The van der Waals surface area contributed by atoms with Crippen LogP contribution in [0.3, 0.4) is 0 Å². The van der Waals surface area contributed by atoms with Gasteiger partial charge in [0.15, 0.2) is 0 Å². The number of rotatable bonds is 3. The van der Waals surface area contributed by atoms with E-state index in [2.05, 4.69) is 16.6 Å². The predicted octanol–water partition coefficient (Wildman–Crippen LogP) is 2.65. The standard InChI is InChI=1S/C11H8N2O2/c1-8(2)9-4-3-5-10(12-6-14)11(9)13-7-15/h3-5H,1H2,2H3. The zero-order valence-electron chi connectivity index (χ0n) is 8.15. The Kier molecular flexibility index (Phi) is 3.47. The maximum Gasteiger partial charge on any atom is 0.240 e. The van der Waals surface area contributed by atoms with Gasteiger partial charge in [-0.1, -0.05) is 18.7 Å². The molecular weight excluding hydrogens is 192 g/mol. The number of nitrogens with zero attached hydrogens (tertiary/aromatic N) is 2. The first kappa shape index (κ1) is 10.8. The molecule has 0 bridgehead atoms. The summed E-state index contributed by atoms with van der Waals surface area (Å²) in [7, 11) is 0. The number of isocyanates is 2. The van der Waals surface area contributed by atoms with E-state index < -0.39 is 0 Å². The fourth-order valence-corrected chi connectivity index (χ4v) is 1.18. The quantitative estimate of drug-likeness (QED) is 0.556. The molecule has 0 atom stereocenters. The van der Waals surface area contributed by atoms with Crippen molar-refractivity contribution in [3.05, 3.63) is 30.3 Å². The summed E-state index contributed by atoms with van der Waals surface area (Å²) in [5, 5.41) is 0. The molecule has 0 radical (unpaired) electrons. The smallest absolute Gasteiger partial charge is 0.211 e. The molecule has 0 fully saturated rings. The van der Waals surface area contributed by atoms with Crippen LogP contribution in [-0.2, 0) is 9.59 Å². The largest absolute Gasteiger partial charge is 0.240 e. The molecule has 0 aliphatic heterocycles. The first-order valence-corrected chi connectivity index (χ1v) is 4.15. The molecule has 1 aromatic rings. The summed E-state index contributed by atoms with van der Waals surface area (Å²) in [6, 6.07) is 5.00. The van der Waals surface area contributed by atoms with Crippen LogP contribution >= 0.6 is 0 Å². The van der Waals surface area contributed by atoms with Crippen molar-refractivity contribution in [2.24, 2.45) is 9.98 Å². The van der Waals surface area contributed by atoms with Gasteiger partial charge in [0.1, 0.15) is 11.4 Å². The Morgan fingerprint density at radius 3 is 2.47 bits per heavy atom. The summed E-state index contributed by atoms with van der Waals surface area (Å²) >= 11 is 0. The molecular formula is C11H8N2O2. The number of aliphatic imine (C=N–C) groups is 2. The van der Waals surface area contributed by atoms with Crippen LogP contribution in [-0.4, -0.2) is 12.2 Å². The fraction of sp³-hybridized carbons (Fsp3) is 0.0909. The first-order chi connectivity index (χ1) is 7.20. The second kappa shape index (κ2) is 4.82. The van der Waals surface area contributed by atoms with Gasteiger partial charge in [0, 0.05) is 5.56 Å². The molecule has 0 saturated carbocycles. The molecule has 4 heteroatoms. The second-order valence-electron chi connectivity index (χ2n) is 2.86. The molecule has 0 heterocycles. The molecule has 4 nitrogen and oxygen atoms in total. The van der Waals surface area contributed by atoms with E-state index >= 15 is 0 Å². The molecule has 0 aliphatic rings. The summed E-state index contributed by atoms with van der Waals surface area (Å²) in [6.07, 6.45) is 2.83. The van der Waals surface area contributed by atoms with Crippen LogP contribution in [0.15, 0.2) is 34.8 Å². The van der Waals surface area contributed by atoms with Gasteiger partial charge in [-0.25, -0.2) is 9.59 Å². The second-order valence-corrected chi connectivity index (χ2v) is 2.86. The SMILES string of the molecule is C=C(C)c1cccc(N=C=O)c1N=C=O. The number of carbonyl (C=O) groups excluding carboxylic acids is 2. The Labute approximate surface area is 86.7 Å². The number of benzene rings is 1. The highest BCUT2D eigenvalue weighted by Crippen LogP contribution is 2.34. The zero-order chi connectivity index (χ0) is 11.3. The van der Waals surface area contributed by atoms with Gasteiger partial charge in [-0.2, -0.15) is 9.98 Å². The van der Waals surface area contributed by atoms with E-state index in [1.54, 1.807) is 25.1 Å². The number of hydrogen-bond acceptors (Lipinski definition) is 4. The van der Waals surface area contributed by atoms with E-state index in [-0.39, 0.29) is 5.69 Å². The average Bonchev–Trinajstić information content (AvgIpc) is 2.21. The molecule has 0 aromatic heterocycles. The highest BCUT2D eigenvalue weighted by Gasteiger charge is 2.07.